The molecule has 0 saturated heterocycles. The minimum atomic E-state index is -3.57. The third-order valence-corrected chi connectivity index (χ3v) is 6.39. The molecule has 0 aromatic heterocycles. The van der Waals surface area contributed by atoms with E-state index < -0.39 is 10.0 Å². The summed E-state index contributed by atoms with van der Waals surface area (Å²) in [5.74, 6) is 0.00484. The predicted molar refractivity (Wildman–Crippen MR) is 95.4 cm³/mol. The monoisotopic (exact) mass is 352 g/mol. The highest BCUT2D eigenvalue weighted by Gasteiger charge is 2.22. The molecule has 0 atom stereocenters. The highest BCUT2D eigenvalue weighted by Crippen LogP contribution is 2.22. The number of nitrogens with one attached hydrogen (secondary N) is 1. The fourth-order valence-corrected chi connectivity index (χ4v) is 4.58. The smallest absolute Gasteiger partial charge is 0.240 e. The summed E-state index contributed by atoms with van der Waals surface area (Å²) in [4.78, 5) is 14.3. The molecule has 1 fully saturated rings. The van der Waals surface area contributed by atoms with Gasteiger partial charge in [-0.3, -0.25) is 4.79 Å². The van der Waals surface area contributed by atoms with Gasteiger partial charge in [-0.25, -0.2) is 13.1 Å². The molecule has 1 N–H and O–H groups in total. The zero-order chi connectivity index (χ0) is 17.7. The molecule has 0 heterocycles. The van der Waals surface area contributed by atoms with E-state index in [2.05, 4.69) is 4.72 Å². The summed E-state index contributed by atoms with van der Waals surface area (Å²) in [6.45, 7) is 3.84. The number of hydrogen-bond acceptors (Lipinski definition) is 3. The Morgan fingerprint density at radius 2 is 1.88 bits per heavy atom. The van der Waals surface area contributed by atoms with Crippen molar-refractivity contribution in [2.45, 2.75) is 63.3 Å². The van der Waals surface area contributed by atoms with E-state index in [-0.39, 0.29) is 23.8 Å². The van der Waals surface area contributed by atoms with Crippen molar-refractivity contribution in [3.8, 4) is 0 Å². The summed E-state index contributed by atoms with van der Waals surface area (Å²) in [6.07, 6.45) is 5.88. The number of hydrogen-bond donors (Lipinski definition) is 1. The molecule has 0 spiro atoms. The van der Waals surface area contributed by atoms with Crippen LogP contribution in [-0.2, 0) is 14.8 Å². The summed E-state index contributed by atoms with van der Waals surface area (Å²) in [5.41, 5.74) is 1.74. The average Bonchev–Trinajstić information content (AvgIpc) is 2.54. The highest BCUT2D eigenvalue weighted by atomic mass is 32.2. The fraction of sp³-hybridized carbons (Fsp3) is 0.611. The van der Waals surface area contributed by atoms with Crippen molar-refractivity contribution < 1.29 is 13.2 Å². The standard InChI is InChI=1S/C18H28N2O3S/c1-14-9-10-17(15(2)13-14)24(22,23)19-12-11-18(21)20(3)16-7-5-4-6-8-16/h9-10,13,16,19H,4-8,11-12H2,1-3H3. The van der Waals surface area contributed by atoms with Crippen molar-refractivity contribution >= 4 is 15.9 Å². The van der Waals surface area contributed by atoms with Gasteiger partial charge in [0, 0.05) is 26.1 Å². The molecule has 6 heteroatoms. The summed E-state index contributed by atoms with van der Waals surface area (Å²) < 4.78 is 27.3. The van der Waals surface area contributed by atoms with Crippen molar-refractivity contribution in [1.29, 1.82) is 0 Å². The van der Waals surface area contributed by atoms with Crippen LogP contribution in [0.15, 0.2) is 23.1 Å². The summed E-state index contributed by atoms with van der Waals surface area (Å²) >= 11 is 0. The van der Waals surface area contributed by atoms with Gasteiger partial charge >= 0.3 is 0 Å². The van der Waals surface area contributed by atoms with E-state index in [9.17, 15) is 13.2 Å². The molecular formula is C18H28N2O3S. The third kappa shape index (κ3) is 4.80. The molecule has 0 aliphatic heterocycles. The third-order valence-electron chi connectivity index (χ3n) is 4.77. The maximum Gasteiger partial charge on any atom is 0.240 e. The van der Waals surface area contributed by atoms with E-state index in [4.69, 9.17) is 0 Å². The van der Waals surface area contributed by atoms with Crippen LogP contribution < -0.4 is 4.72 Å². The lowest BCUT2D eigenvalue weighted by atomic mass is 9.94. The van der Waals surface area contributed by atoms with Crippen LogP contribution in [0.2, 0.25) is 0 Å². The van der Waals surface area contributed by atoms with Crippen molar-refractivity contribution in [2.24, 2.45) is 0 Å². The number of benzene rings is 1. The average molecular weight is 353 g/mol. The van der Waals surface area contributed by atoms with Crippen LogP contribution in [0.1, 0.15) is 49.7 Å². The van der Waals surface area contributed by atoms with Crippen LogP contribution in [-0.4, -0.2) is 38.9 Å². The first-order valence-corrected chi connectivity index (χ1v) is 10.1. The number of carbonyl (C=O) groups excluding carboxylic acids is 1. The molecular weight excluding hydrogens is 324 g/mol. The molecule has 24 heavy (non-hydrogen) atoms. The van der Waals surface area contributed by atoms with Gasteiger partial charge < -0.3 is 4.90 Å². The van der Waals surface area contributed by atoms with Gasteiger partial charge in [-0.2, -0.15) is 0 Å². The van der Waals surface area contributed by atoms with Gasteiger partial charge in [-0.15, -0.1) is 0 Å². The Balaban J connectivity index is 1.89. The fourth-order valence-electron chi connectivity index (χ4n) is 3.32. The first kappa shape index (κ1) is 18.9. The molecule has 0 radical (unpaired) electrons. The quantitative estimate of drug-likeness (QED) is 0.856. The minimum absolute atomic E-state index is 0.00484. The topological polar surface area (TPSA) is 66.5 Å². The summed E-state index contributed by atoms with van der Waals surface area (Å²) in [6, 6.07) is 5.55. The molecule has 1 aromatic rings. The normalized spacial score (nSPS) is 16.1. The van der Waals surface area contributed by atoms with E-state index >= 15 is 0 Å². The van der Waals surface area contributed by atoms with Crippen molar-refractivity contribution in [3.05, 3.63) is 29.3 Å². The lowest BCUT2D eigenvalue weighted by Gasteiger charge is -2.31. The zero-order valence-corrected chi connectivity index (χ0v) is 15.7. The number of amides is 1. The number of nitrogens with zero attached hydrogens (tertiary/aromatic N) is 1. The molecule has 0 unspecified atom stereocenters. The molecule has 1 aliphatic carbocycles. The Morgan fingerprint density at radius 3 is 2.50 bits per heavy atom. The van der Waals surface area contributed by atoms with Crippen LogP contribution in [0, 0.1) is 13.8 Å². The van der Waals surface area contributed by atoms with Gasteiger partial charge in [-0.05, 0) is 38.3 Å². The number of rotatable bonds is 6. The SMILES string of the molecule is Cc1ccc(S(=O)(=O)NCCC(=O)N(C)C2CCCCC2)c(C)c1. The Kier molecular flexibility index (Phi) is 6.40. The molecule has 1 saturated carbocycles. The Bertz CT molecular complexity index is 680. The highest BCUT2D eigenvalue weighted by molar-refractivity contribution is 7.89. The van der Waals surface area contributed by atoms with E-state index in [0.29, 0.717) is 11.6 Å². The Hall–Kier alpha value is -1.40. The maximum absolute atomic E-state index is 12.4. The zero-order valence-electron chi connectivity index (χ0n) is 14.8. The molecule has 2 rings (SSSR count). The molecule has 1 amide bonds. The second-order valence-corrected chi connectivity index (χ2v) is 8.45. The summed E-state index contributed by atoms with van der Waals surface area (Å²) in [5, 5.41) is 0. The predicted octanol–water partition coefficient (Wildman–Crippen LogP) is 2.76. The molecule has 1 aliphatic rings. The van der Waals surface area contributed by atoms with Crippen molar-refractivity contribution in [3.63, 3.8) is 0 Å². The number of sulfonamides is 1. The van der Waals surface area contributed by atoms with E-state index in [0.717, 1.165) is 18.4 Å². The van der Waals surface area contributed by atoms with E-state index in [1.54, 1.807) is 24.0 Å². The second-order valence-electron chi connectivity index (χ2n) is 6.71. The molecule has 0 bridgehead atoms. The summed E-state index contributed by atoms with van der Waals surface area (Å²) in [7, 11) is -1.74. The Labute approximate surface area is 145 Å². The number of carbonyl (C=O) groups is 1. The van der Waals surface area contributed by atoms with Gasteiger partial charge in [-0.1, -0.05) is 37.0 Å². The lowest BCUT2D eigenvalue weighted by molar-refractivity contribution is -0.132. The van der Waals surface area contributed by atoms with Gasteiger partial charge in [0.05, 0.1) is 4.90 Å². The largest absolute Gasteiger partial charge is 0.343 e. The van der Waals surface area contributed by atoms with Gasteiger partial charge in [0.1, 0.15) is 0 Å². The van der Waals surface area contributed by atoms with Crippen LogP contribution in [0.5, 0.6) is 0 Å². The van der Waals surface area contributed by atoms with Crippen LogP contribution >= 0.6 is 0 Å². The Morgan fingerprint density at radius 1 is 1.21 bits per heavy atom. The van der Waals surface area contributed by atoms with Gasteiger partial charge in [0.2, 0.25) is 15.9 Å². The first-order valence-electron chi connectivity index (χ1n) is 8.64. The number of aryl methyl sites for hydroxylation is 2. The van der Waals surface area contributed by atoms with E-state index in [1.165, 1.54) is 19.3 Å². The lowest BCUT2D eigenvalue weighted by Crippen LogP contribution is -2.39. The van der Waals surface area contributed by atoms with Crippen LogP contribution in [0.3, 0.4) is 0 Å². The van der Waals surface area contributed by atoms with Crippen molar-refractivity contribution in [2.75, 3.05) is 13.6 Å². The van der Waals surface area contributed by atoms with Crippen molar-refractivity contribution in [1.82, 2.24) is 9.62 Å². The van der Waals surface area contributed by atoms with Crippen LogP contribution in [0.4, 0.5) is 0 Å². The maximum atomic E-state index is 12.4. The first-order chi connectivity index (χ1) is 11.3. The minimum Gasteiger partial charge on any atom is -0.343 e. The molecule has 134 valence electrons. The van der Waals surface area contributed by atoms with E-state index in [1.807, 2.05) is 20.0 Å². The van der Waals surface area contributed by atoms with Crippen LogP contribution in [0.25, 0.3) is 0 Å². The second kappa shape index (κ2) is 8.12. The van der Waals surface area contributed by atoms with Gasteiger partial charge in [0.25, 0.3) is 0 Å². The molecule has 5 nitrogen and oxygen atoms in total. The molecule has 1 aromatic carbocycles. The van der Waals surface area contributed by atoms with Gasteiger partial charge in [0.15, 0.2) is 0 Å².